The van der Waals surface area contributed by atoms with Crippen LogP contribution in [0.3, 0.4) is 0 Å². The first kappa shape index (κ1) is 15.6. The van der Waals surface area contributed by atoms with Gasteiger partial charge in [-0.2, -0.15) is 0 Å². The maximum absolute atomic E-state index is 12.4. The molecule has 0 bridgehead atoms. The van der Waals surface area contributed by atoms with Gasteiger partial charge in [0.2, 0.25) is 0 Å². The zero-order valence-electron chi connectivity index (χ0n) is 13.5. The second-order valence-electron chi connectivity index (χ2n) is 6.85. The summed E-state index contributed by atoms with van der Waals surface area (Å²) in [4.78, 5) is 35.3. The summed E-state index contributed by atoms with van der Waals surface area (Å²) >= 11 is 0. The number of rotatable bonds is 5. The van der Waals surface area contributed by atoms with Crippen molar-refractivity contribution in [1.29, 1.82) is 0 Å². The third kappa shape index (κ3) is 2.63. The molecule has 0 spiro atoms. The second kappa shape index (κ2) is 5.58. The van der Waals surface area contributed by atoms with Gasteiger partial charge in [-0.15, -0.1) is 0 Å². The molecule has 1 saturated heterocycles. The van der Waals surface area contributed by atoms with E-state index in [2.05, 4.69) is 16.7 Å². The fourth-order valence-corrected chi connectivity index (χ4v) is 3.88. The third-order valence-electron chi connectivity index (χ3n) is 5.33. The number of hydrogen-bond acceptors (Lipinski definition) is 3. The molecule has 3 N–H and O–H groups in total. The zero-order valence-corrected chi connectivity index (χ0v) is 13.5. The SMILES string of the molecule is O=C1NC(=O)C(CCc2ccc3ccccc3c2)(C2CC2C(=O)O)N1. The number of carboxylic acid groups (broad SMARTS) is 1. The van der Waals surface area contributed by atoms with E-state index in [0.29, 0.717) is 19.3 Å². The molecule has 1 heterocycles. The quantitative estimate of drug-likeness (QED) is 0.727. The van der Waals surface area contributed by atoms with E-state index in [1.165, 1.54) is 0 Å². The summed E-state index contributed by atoms with van der Waals surface area (Å²) < 4.78 is 0. The minimum absolute atomic E-state index is 0.350. The number of amides is 3. The average Bonchev–Trinajstić information content (AvgIpc) is 3.34. The maximum atomic E-state index is 12.4. The van der Waals surface area contributed by atoms with Gasteiger partial charge in [0.05, 0.1) is 5.92 Å². The van der Waals surface area contributed by atoms with Crippen LogP contribution in [0.2, 0.25) is 0 Å². The molecule has 2 aromatic rings. The van der Waals surface area contributed by atoms with E-state index in [9.17, 15) is 19.5 Å². The number of carbonyl (C=O) groups excluding carboxylic acids is 2. The van der Waals surface area contributed by atoms with Crippen molar-refractivity contribution in [3.8, 4) is 0 Å². The molecule has 3 unspecified atom stereocenters. The van der Waals surface area contributed by atoms with Crippen molar-refractivity contribution in [1.82, 2.24) is 10.6 Å². The number of nitrogens with one attached hydrogen (secondary N) is 2. The summed E-state index contributed by atoms with van der Waals surface area (Å²) in [6.45, 7) is 0. The van der Waals surface area contributed by atoms with E-state index in [4.69, 9.17) is 0 Å². The predicted molar refractivity (Wildman–Crippen MR) is 90.9 cm³/mol. The number of hydrogen-bond donors (Lipinski definition) is 3. The fraction of sp³-hybridized carbons (Fsp3) is 0.316. The molecule has 2 aliphatic rings. The van der Waals surface area contributed by atoms with E-state index in [1.807, 2.05) is 36.4 Å². The van der Waals surface area contributed by atoms with Crippen LogP contribution in [0.5, 0.6) is 0 Å². The summed E-state index contributed by atoms with van der Waals surface area (Å²) in [5.74, 6) is -2.24. The normalized spacial score (nSPS) is 27.8. The van der Waals surface area contributed by atoms with Gasteiger partial charge in [-0.05, 0) is 35.6 Å². The molecule has 0 aromatic heterocycles. The number of urea groups is 1. The van der Waals surface area contributed by atoms with Gasteiger partial charge in [0.25, 0.3) is 5.91 Å². The number of aryl methyl sites for hydroxylation is 1. The lowest BCUT2D eigenvalue weighted by molar-refractivity contribution is -0.139. The highest BCUT2D eigenvalue weighted by Crippen LogP contribution is 2.49. The van der Waals surface area contributed by atoms with Gasteiger partial charge in [0.15, 0.2) is 0 Å². The molecular formula is C19H18N2O4. The Hall–Kier alpha value is -2.89. The summed E-state index contributed by atoms with van der Waals surface area (Å²) in [6.07, 6.45) is 1.39. The van der Waals surface area contributed by atoms with Crippen LogP contribution < -0.4 is 10.6 Å². The average molecular weight is 338 g/mol. The summed E-state index contributed by atoms with van der Waals surface area (Å²) in [7, 11) is 0. The Balaban J connectivity index is 1.58. The van der Waals surface area contributed by atoms with Crippen LogP contribution in [0.25, 0.3) is 10.8 Å². The Kier molecular flexibility index (Phi) is 3.49. The molecule has 0 radical (unpaired) electrons. The highest BCUT2D eigenvalue weighted by Gasteiger charge is 2.62. The molecule has 1 saturated carbocycles. The molecule has 2 fully saturated rings. The summed E-state index contributed by atoms with van der Waals surface area (Å²) in [6, 6.07) is 13.6. The Morgan fingerprint density at radius 3 is 2.56 bits per heavy atom. The Labute approximate surface area is 144 Å². The molecule has 25 heavy (non-hydrogen) atoms. The van der Waals surface area contributed by atoms with Gasteiger partial charge in [0.1, 0.15) is 5.54 Å². The molecule has 3 atom stereocenters. The van der Waals surface area contributed by atoms with Gasteiger partial charge in [0, 0.05) is 5.92 Å². The standard InChI is InChI=1S/C19H18N2O4/c22-16(23)14-10-15(14)19(17(24)20-18(25)21-19)8-7-11-5-6-12-3-1-2-4-13(12)9-11/h1-6,9,14-15H,7-8,10H2,(H,22,23)(H2,20,21,24,25). The van der Waals surface area contributed by atoms with Crippen LogP contribution in [0.15, 0.2) is 42.5 Å². The first-order chi connectivity index (χ1) is 12.0. The van der Waals surface area contributed by atoms with Gasteiger partial charge >= 0.3 is 12.0 Å². The molecule has 3 amide bonds. The van der Waals surface area contributed by atoms with Crippen molar-refractivity contribution >= 4 is 28.7 Å². The van der Waals surface area contributed by atoms with Gasteiger partial charge in [-0.1, -0.05) is 42.5 Å². The minimum Gasteiger partial charge on any atom is -0.481 e. The molecule has 128 valence electrons. The minimum atomic E-state index is -1.12. The lowest BCUT2D eigenvalue weighted by Crippen LogP contribution is -2.50. The van der Waals surface area contributed by atoms with E-state index in [-0.39, 0.29) is 5.92 Å². The van der Waals surface area contributed by atoms with Gasteiger partial charge in [-0.25, -0.2) is 4.79 Å². The Morgan fingerprint density at radius 1 is 1.16 bits per heavy atom. The van der Waals surface area contributed by atoms with Crippen LogP contribution in [-0.2, 0) is 16.0 Å². The van der Waals surface area contributed by atoms with E-state index < -0.39 is 29.4 Å². The lowest BCUT2D eigenvalue weighted by Gasteiger charge is -2.26. The highest BCUT2D eigenvalue weighted by atomic mass is 16.4. The van der Waals surface area contributed by atoms with Crippen molar-refractivity contribution in [3.63, 3.8) is 0 Å². The van der Waals surface area contributed by atoms with Gasteiger partial charge in [-0.3, -0.25) is 14.9 Å². The van der Waals surface area contributed by atoms with E-state index in [1.54, 1.807) is 0 Å². The third-order valence-corrected chi connectivity index (χ3v) is 5.33. The number of aliphatic carboxylic acids is 1. The number of carbonyl (C=O) groups is 3. The van der Waals surface area contributed by atoms with Crippen molar-refractivity contribution in [2.24, 2.45) is 11.8 Å². The monoisotopic (exact) mass is 338 g/mol. The number of fused-ring (bicyclic) bond motifs is 1. The highest BCUT2D eigenvalue weighted by molar-refractivity contribution is 6.08. The van der Waals surface area contributed by atoms with Crippen molar-refractivity contribution in [3.05, 3.63) is 48.0 Å². The number of carboxylic acids is 1. The second-order valence-corrected chi connectivity index (χ2v) is 6.85. The maximum Gasteiger partial charge on any atom is 0.322 e. The van der Waals surface area contributed by atoms with Crippen molar-refractivity contribution < 1.29 is 19.5 Å². The zero-order chi connectivity index (χ0) is 17.6. The van der Waals surface area contributed by atoms with E-state index in [0.717, 1.165) is 16.3 Å². The fourth-order valence-electron chi connectivity index (χ4n) is 3.88. The smallest absolute Gasteiger partial charge is 0.322 e. The largest absolute Gasteiger partial charge is 0.481 e. The molecule has 6 nitrogen and oxygen atoms in total. The number of imide groups is 1. The first-order valence-electron chi connectivity index (χ1n) is 8.34. The Bertz CT molecular complexity index is 894. The molecular weight excluding hydrogens is 320 g/mol. The topological polar surface area (TPSA) is 95.5 Å². The van der Waals surface area contributed by atoms with Crippen molar-refractivity contribution in [2.45, 2.75) is 24.8 Å². The van der Waals surface area contributed by atoms with Crippen LogP contribution in [0.4, 0.5) is 4.79 Å². The molecule has 1 aliphatic heterocycles. The molecule has 2 aromatic carbocycles. The molecule has 6 heteroatoms. The summed E-state index contributed by atoms with van der Waals surface area (Å²) in [5, 5.41) is 16.4. The summed E-state index contributed by atoms with van der Waals surface area (Å²) in [5.41, 5.74) is -0.0641. The van der Waals surface area contributed by atoms with E-state index >= 15 is 0 Å². The van der Waals surface area contributed by atoms with Gasteiger partial charge < -0.3 is 10.4 Å². The first-order valence-corrected chi connectivity index (χ1v) is 8.34. The van der Waals surface area contributed by atoms with Crippen LogP contribution in [-0.4, -0.2) is 28.6 Å². The predicted octanol–water partition coefficient (Wildman–Crippen LogP) is 2.07. The number of benzene rings is 2. The van der Waals surface area contributed by atoms with Crippen LogP contribution in [0.1, 0.15) is 18.4 Å². The molecule has 1 aliphatic carbocycles. The lowest BCUT2D eigenvalue weighted by atomic mass is 9.85. The van der Waals surface area contributed by atoms with Crippen molar-refractivity contribution in [2.75, 3.05) is 0 Å². The van der Waals surface area contributed by atoms with Crippen LogP contribution in [0, 0.1) is 11.8 Å². The van der Waals surface area contributed by atoms with Crippen LogP contribution >= 0.6 is 0 Å². The molecule has 4 rings (SSSR count). The Morgan fingerprint density at radius 2 is 1.92 bits per heavy atom.